The topological polar surface area (TPSA) is 48.2 Å². The minimum absolute atomic E-state index is 0.558. The minimum Gasteiger partial charge on any atom is -0.493 e. The van der Waals surface area contributed by atoms with Crippen LogP contribution in [0.4, 0.5) is 0 Å². The zero-order chi connectivity index (χ0) is 15.4. The van der Waals surface area contributed by atoms with Gasteiger partial charge in [0.15, 0.2) is 0 Å². The number of thioether (sulfide) groups is 1. The summed E-state index contributed by atoms with van der Waals surface area (Å²) in [4.78, 5) is 1.02. The smallest absolute Gasteiger partial charge is 0.277 e. The van der Waals surface area contributed by atoms with Crippen molar-refractivity contribution in [3.63, 3.8) is 0 Å². The molecule has 0 N–H and O–H groups in total. The first kappa shape index (κ1) is 15.4. The molecule has 0 unspecified atom stereocenters. The predicted molar refractivity (Wildman–Crippen MR) is 90.0 cm³/mol. The van der Waals surface area contributed by atoms with Crippen LogP contribution in [-0.2, 0) is 0 Å². The lowest BCUT2D eigenvalue weighted by atomic mass is 10.3. The summed E-state index contributed by atoms with van der Waals surface area (Å²) >= 11 is 8.90. The third-order valence-corrected chi connectivity index (χ3v) is 4.89. The number of thiophene rings is 1. The zero-order valence-electron chi connectivity index (χ0n) is 11.8. The number of ether oxygens (including phenoxy) is 1. The molecule has 4 nitrogen and oxygen atoms in total. The van der Waals surface area contributed by atoms with Crippen molar-refractivity contribution in [2.45, 2.75) is 12.1 Å². The summed E-state index contributed by atoms with van der Waals surface area (Å²) in [6, 6.07) is 9.33. The summed E-state index contributed by atoms with van der Waals surface area (Å²) in [6.45, 7) is 2.59. The molecule has 0 atom stereocenters. The van der Waals surface area contributed by atoms with Gasteiger partial charge < -0.3 is 9.15 Å². The molecule has 0 aliphatic carbocycles. The van der Waals surface area contributed by atoms with Crippen LogP contribution in [0, 0.1) is 6.92 Å². The van der Waals surface area contributed by atoms with Crippen molar-refractivity contribution in [2.75, 3.05) is 12.4 Å². The van der Waals surface area contributed by atoms with Gasteiger partial charge in [-0.05, 0) is 48.2 Å². The maximum Gasteiger partial charge on any atom is 0.277 e. The number of nitrogens with zero attached hydrogens (tertiary/aromatic N) is 2. The second kappa shape index (κ2) is 7.17. The molecule has 114 valence electrons. The first-order valence-electron chi connectivity index (χ1n) is 6.61. The van der Waals surface area contributed by atoms with Gasteiger partial charge in [-0.1, -0.05) is 23.4 Å². The maximum absolute atomic E-state index is 5.82. The van der Waals surface area contributed by atoms with Crippen LogP contribution in [0.1, 0.15) is 5.56 Å². The van der Waals surface area contributed by atoms with Crippen molar-refractivity contribution in [1.82, 2.24) is 10.2 Å². The van der Waals surface area contributed by atoms with Crippen LogP contribution in [0.3, 0.4) is 0 Å². The second-order valence-corrected chi connectivity index (χ2v) is 6.86. The van der Waals surface area contributed by atoms with E-state index < -0.39 is 0 Å². The number of aryl methyl sites for hydroxylation is 1. The SMILES string of the molecule is Cc1ccsc1-c1nnc(SCCOc2ccc(Cl)cc2)o1. The van der Waals surface area contributed by atoms with Crippen molar-refractivity contribution in [2.24, 2.45) is 0 Å². The Balaban J connectivity index is 1.49. The van der Waals surface area contributed by atoms with Gasteiger partial charge in [-0.3, -0.25) is 0 Å². The lowest BCUT2D eigenvalue weighted by Crippen LogP contribution is -1.99. The fraction of sp³-hybridized carbons (Fsp3) is 0.200. The van der Waals surface area contributed by atoms with Crippen molar-refractivity contribution < 1.29 is 9.15 Å². The maximum atomic E-state index is 5.82. The lowest BCUT2D eigenvalue weighted by Gasteiger charge is -2.04. The Morgan fingerprint density at radius 2 is 2.05 bits per heavy atom. The normalized spacial score (nSPS) is 10.8. The van der Waals surface area contributed by atoms with Gasteiger partial charge in [-0.15, -0.1) is 21.5 Å². The van der Waals surface area contributed by atoms with Gasteiger partial charge in [0.25, 0.3) is 11.1 Å². The van der Waals surface area contributed by atoms with Gasteiger partial charge in [-0.2, -0.15) is 0 Å². The summed E-state index contributed by atoms with van der Waals surface area (Å²) in [5, 5.41) is 11.4. The van der Waals surface area contributed by atoms with E-state index in [1.165, 1.54) is 11.8 Å². The van der Waals surface area contributed by atoms with Crippen LogP contribution >= 0.6 is 34.7 Å². The number of rotatable bonds is 6. The van der Waals surface area contributed by atoms with Crippen LogP contribution in [0.25, 0.3) is 10.8 Å². The summed E-state index contributed by atoms with van der Waals surface area (Å²) in [5.74, 6) is 2.10. The van der Waals surface area contributed by atoms with Crippen molar-refractivity contribution >= 4 is 34.7 Å². The highest BCUT2D eigenvalue weighted by molar-refractivity contribution is 7.99. The number of benzene rings is 1. The molecule has 1 aromatic carbocycles. The molecule has 22 heavy (non-hydrogen) atoms. The number of halogens is 1. The molecule has 0 spiro atoms. The highest BCUT2D eigenvalue weighted by atomic mass is 35.5. The van der Waals surface area contributed by atoms with E-state index in [9.17, 15) is 0 Å². The summed E-state index contributed by atoms with van der Waals surface area (Å²) in [6.07, 6.45) is 0. The van der Waals surface area contributed by atoms with Gasteiger partial charge in [0.05, 0.1) is 11.5 Å². The second-order valence-electron chi connectivity index (χ2n) is 4.46. The van der Waals surface area contributed by atoms with Gasteiger partial charge >= 0.3 is 0 Å². The average Bonchev–Trinajstić information content (AvgIpc) is 3.14. The lowest BCUT2D eigenvalue weighted by molar-refractivity contribution is 0.343. The molecule has 0 saturated carbocycles. The molecule has 2 aromatic heterocycles. The molecule has 0 saturated heterocycles. The molecule has 0 aliphatic rings. The van der Waals surface area contributed by atoms with Gasteiger partial charge in [0, 0.05) is 10.8 Å². The number of hydrogen-bond acceptors (Lipinski definition) is 6. The van der Waals surface area contributed by atoms with Crippen LogP contribution < -0.4 is 4.74 Å². The monoisotopic (exact) mass is 352 g/mol. The van der Waals surface area contributed by atoms with Gasteiger partial charge in [0.1, 0.15) is 5.75 Å². The van der Waals surface area contributed by atoms with Crippen LogP contribution in [-0.4, -0.2) is 22.6 Å². The van der Waals surface area contributed by atoms with Crippen molar-refractivity contribution in [1.29, 1.82) is 0 Å². The molecule has 0 aliphatic heterocycles. The molecular weight excluding hydrogens is 340 g/mol. The molecule has 3 aromatic rings. The van der Waals surface area contributed by atoms with E-state index in [0.717, 1.165) is 21.9 Å². The Kier molecular flexibility index (Phi) is 5.02. The molecule has 3 rings (SSSR count). The minimum atomic E-state index is 0.558. The third-order valence-electron chi connectivity index (χ3n) is 2.85. The van der Waals surface area contributed by atoms with Crippen LogP contribution in [0.15, 0.2) is 45.4 Å². The van der Waals surface area contributed by atoms with E-state index in [0.29, 0.717) is 22.7 Å². The zero-order valence-corrected chi connectivity index (χ0v) is 14.2. The first-order valence-corrected chi connectivity index (χ1v) is 8.86. The standard InChI is InChI=1S/C15H13ClN2O2S2/c1-10-6-8-21-13(10)14-17-18-15(20-14)22-9-7-19-12-4-2-11(16)3-5-12/h2-6,8H,7,9H2,1H3. The molecular formula is C15H13ClN2O2S2. The third kappa shape index (κ3) is 3.82. The number of aromatic nitrogens is 2. The molecule has 0 fully saturated rings. The number of hydrogen-bond donors (Lipinski definition) is 0. The first-order chi connectivity index (χ1) is 10.7. The Labute approximate surface area is 141 Å². The summed E-state index contributed by atoms with van der Waals surface area (Å²) < 4.78 is 11.3. The average molecular weight is 353 g/mol. The molecule has 0 amide bonds. The van der Waals surface area contributed by atoms with E-state index >= 15 is 0 Å². The van der Waals surface area contributed by atoms with Gasteiger partial charge in [0.2, 0.25) is 0 Å². The van der Waals surface area contributed by atoms with E-state index in [2.05, 4.69) is 10.2 Å². The largest absolute Gasteiger partial charge is 0.493 e. The highest BCUT2D eigenvalue weighted by Crippen LogP contribution is 2.29. The fourth-order valence-corrected chi connectivity index (χ4v) is 3.32. The predicted octanol–water partition coefficient (Wildman–Crippen LogP) is 4.93. The summed E-state index contributed by atoms with van der Waals surface area (Å²) in [7, 11) is 0. The highest BCUT2D eigenvalue weighted by Gasteiger charge is 2.12. The quantitative estimate of drug-likeness (QED) is 0.465. The Morgan fingerprint density at radius 1 is 1.23 bits per heavy atom. The molecule has 2 heterocycles. The fourth-order valence-electron chi connectivity index (χ4n) is 1.77. The Bertz CT molecular complexity index is 740. The van der Waals surface area contributed by atoms with Crippen molar-refractivity contribution in [3.8, 4) is 16.5 Å². The van der Waals surface area contributed by atoms with Crippen LogP contribution in [0.5, 0.6) is 5.75 Å². The molecule has 7 heteroatoms. The van der Waals surface area contributed by atoms with E-state index in [1.54, 1.807) is 23.5 Å². The van der Waals surface area contributed by atoms with E-state index in [-0.39, 0.29) is 0 Å². The van der Waals surface area contributed by atoms with E-state index in [1.807, 2.05) is 30.5 Å². The molecule has 0 radical (unpaired) electrons. The van der Waals surface area contributed by atoms with Crippen LogP contribution in [0.2, 0.25) is 5.02 Å². The molecule has 0 bridgehead atoms. The van der Waals surface area contributed by atoms with Crippen molar-refractivity contribution in [3.05, 3.63) is 46.3 Å². The summed E-state index contributed by atoms with van der Waals surface area (Å²) in [5.41, 5.74) is 1.15. The Morgan fingerprint density at radius 3 is 2.77 bits per heavy atom. The van der Waals surface area contributed by atoms with E-state index in [4.69, 9.17) is 20.8 Å². The van der Waals surface area contributed by atoms with Gasteiger partial charge in [-0.25, -0.2) is 0 Å². The Hall–Kier alpha value is -1.50.